The van der Waals surface area contributed by atoms with Gasteiger partial charge in [0.1, 0.15) is 0 Å². The van der Waals surface area contributed by atoms with Crippen molar-refractivity contribution in [1.82, 2.24) is 0 Å². The molecule has 0 fully saturated rings. The van der Waals surface area contributed by atoms with Crippen LogP contribution in [0.1, 0.15) is 0 Å². The molecule has 0 aromatic rings. The molecule has 0 heterocycles. The van der Waals surface area contributed by atoms with Gasteiger partial charge < -0.3 is 0 Å². The van der Waals surface area contributed by atoms with Crippen LogP contribution < -0.4 is 0 Å². The van der Waals surface area contributed by atoms with Crippen LogP contribution in [-0.4, -0.2) is 3.83 Å². The predicted molar refractivity (Wildman–Crippen MR) is 38.0 cm³/mol. The minimum absolute atomic E-state index is 4.53. The summed E-state index contributed by atoms with van der Waals surface area (Å²) < 4.78 is 19.3. The van der Waals surface area contributed by atoms with Gasteiger partial charge in [-0.25, -0.2) is 0 Å². The van der Waals surface area contributed by atoms with Crippen LogP contribution in [-0.2, 0) is 8.33 Å². The molecule has 0 amide bonds. The zero-order valence-electron chi connectivity index (χ0n) is 3.44. The van der Waals surface area contributed by atoms with E-state index in [2.05, 4.69) is 57.2 Å². The van der Waals surface area contributed by atoms with Gasteiger partial charge in [0.05, 0.1) is 0 Å². The molecule has 0 bridgehead atoms. The number of halogens is 6. The summed E-state index contributed by atoms with van der Waals surface area (Å²) in [5, 5.41) is 0. The Hall–Kier alpha value is 2.16. The Morgan fingerprint density at radius 1 is 0.889 bits per heavy atom. The van der Waals surface area contributed by atoms with Crippen LogP contribution in [0.3, 0.4) is 0 Å². The van der Waals surface area contributed by atoms with Crippen molar-refractivity contribution in [3.63, 3.8) is 0 Å². The molecule has 1 N–H and O–H groups in total. The molecular formula is HCl6O2Pd. The van der Waals surface area contributed by atoms with Crippen LogP contribution in [0.15, 0.2) is 0 Å². The second kappa shape index (κ2) is 0.938. The van der Waals surface area contributed by atoms with Gasteiger partial charge in [0, 0.05) is 0 Å². The Bertz CT molecular complexity index is 238. The average Bonchev–Trinajstić information content (AvgIpc) is 0.503. The van der Waals surface area contributed by atoms with Gasteiger partial charge in [-0.1, -0.05) is 0 Å². The molecule has 0 saturated carbocycles. The van der Waals surface area contributed by atoms with E-state index in [1.807, 2.05) is 0 Å². The Balaban J connectivity index is 6.25. The van der Waals surface area contributed by atoms with Crippen LogP contribution in [0.5, 0.6) is 0 Å². The van der Waals surface area contributed by atoms with E-state index in [0.717, 1.165) is 0 Å². The summed E-state index contributed by atoms with van der Waals surface area (Å²) in [6, 6.07) is 0. The van der Waals surface area contributed by atoms with E-state index >= 15 is 0 Å². The normalized spacial score (nSPS) is 31.0. The number of hydrogen-bond donors (Lipinski definition) is 1. The van der Waals surface area contributed by atoms with E-state index in [1.165, 1.54) is 0 Å². The fraction of sp³-hybridized carbons (Fsp3) is 0. The fourth-order valence-electron chi connectivity index (χ4n) is 0. The van der Waals surface area contributed by atoms with E-state index in [4.69, 9.17) is 3.83 Å². The van der Waals surface area contributed by atoms with Gasteiger partial charge in [-0.2, -0.15) is 0 Å². The monoisotopic (exact) mass is 349 g/mol. The van der Waals surface area contributed by atoms with Crippen LogP contribution in [0.4, 0.5) is 0 Å². The minimum atomic E-state index is -8.44. The molecule has 65 valence electrons. The van der Waals surface area contributed by atoms with Crippen LogP contribution in [0.2, 0.25) is 0 Å². The molecule has 0 aliphatic rings. The molecule has 0 rings (SSSR count). The molecule has 0 atom stereocenters. The third-order valence-corrected chi connectivity index (χ3v) is 0. The number of hydrogen-bond acceptors (Lipinski definition) is 1. The van der Waals surface area contributed by atoms with E-state index in [-0.39, 0.29) is 0 Å². The van der Waals surface area contributed by atoms with Gasteiger partial charge in [-0.15, -0.1) is 0 Å². The molecule has 9 heavy (non-hydrogen) atoms. The zero-order valence-corrected chi connectivity index (χ0v) is 9.53. The first-order valence-corrected chi connectivity index (χ1v) is 14.3. The summed E-state index contributed by atoms with van der Waals surface area (Å²) >= 11 is 0. The van der Waals surface area contributed by atoms with E-state index in [9.17, 15) is 3.47 Å². The SMILES string of the molecule is [O]=[Pd]([OH])([Cl])([Cl])([Cl])([Cl])([Cl])[Cl]. The standard InChI is InChI=1S/6ClH.H2O.O.Pd/h6*1H;1H2;;/q;;;;;;;;+7/p-7. The van der Waals surface area contributed by atoms with E-state index in [1.54, 1.807) is 0 Å². The first kappa shape index (κ1) is 11.2. The van der Waals surface area contributed by atoms with Crippen molar-refractivity contribution < 1.29 is 12.2 Å². The molecule has 0 aromatic heterocycles. The van der Waals surface area contributed by atoms with Gasteiger partial charge in [0.15, 0.2) is 0 Å². The predicted octanol–water partition coefficient (Wildman–Crippen LogP) is 3.46. The molecule has 2 nitrogen and oxygen atoms in total. The molecule has 0 spiro atoms. The molecule has 0 radical (unpaired) electrons. The maximum absolute atomic E-state index is 10.7. The van der Waals surface area contributed by atoms with Crippen molar-refractivity contribution >= 4 is 57.2 Å². The molecule has 0 aliphatic heterocycles. The zero-order chi connectivity index (χ0) is 8.35. The third kappa shape index (κ3) is 145. The molecular weight excluding hydrogens is 351 g/mol. The molecule has 0 aliphatic carbocycles. The molecule has 0 saturated heterocycles. The van der Waals surface area contributed by atoms with Crippen molar-refractivity contribution in [2.24, 2.45) is 0 Å². The average molecular weight is 352 g/mol. The van der Waals surface area contributed by atoms with Gasteiger partial charge in [-0.05, 0) is 0 Å². The summed E-state index contributed by atoms with van der Waals surface area (Å²) in [6.45, 7) is 0. The topological polar surface area (TPSA) is 37.3 Å². The van der Waals surface area contributed by atoms with Gasteiger partial charge in [0.2, 0.25) is 0 Å². The Morgan fingerprint density at radius 2 is 0.889 bits per heavy atom. The maximum atomic E-state index is 10.7. The second-order valence-corrected chi connectivity index (χ2v) is 47.3. The molecule has 0 unspecified atom stereocenters. The first-order chi connectivity index (χ1) is 2.83. The van der Waals surface area contributed by atoms with Crippen molar-refractivity contribution in [1.29, 1.82) is 0 Å². The summed E-state index contributed by atoms with van der Waals surface area (Å²) in [4.78, 5) is -8.44. The van der Waals surface area contributed by atoms with Gasteiger partial charge in [0.25, 0.3) is 0 Å². The molecule has 9 heteroatoms. The van der Waals surface area contributed by atoms with Crippen molar-refractivity contribution in [2.45, 2.75) is 0 Å². The van der Waals surface area contributed by atoms with E-state index < -0.39 is 4.86 Å². The third-order valence-electron chi connectivity index (χ3n) is 0. The Kier molecular flexibility index (Phi) is 1.16. The van der Waals surface area contributed by atoms with Gasteiger partial charge >= 0.3 is 69.3 Å². The summed E-state index contributed by atoms with van der Waals surface area (Å²) in [7, 11) is 27.2. The van der Waals surface area contributed by atoms with Gasteiger partial charge in [-0.3, -0.25) is 0 Å². The fourth-order valence-corrected chi connectivity index (χ4v) is 0. The van der Waals surface area contributed by atoms with Crippen molar-refractivity contribution in [3.8, 4) is 0 Å². The Labute approximate surface area is 68.5 Å². The molecule has 0 aromatic carbocycles. The van der Waals surface area contributed by atoms with Crippen molar-refractivity contribution in [3.05, 3.63) is 0 Å². The second-order valence-electron chi connectivity index (χ2n) is 1.35. The van der Waals surface area contributed by atoms with Crippen LogP contribution in [0.25, 0.3) is 0 Å². The van der Waals surface area contributed by atoms with Crippen molar-refractivity contribution in [2.75, 3.05) is 0 Å². The first-order valence-electron chi connectivity index (χ1n) is 0.988. The van der Waals surface area contributed by atoms with E-state index in [0.29, 0.717) is 0 Å². The summed E-state index contributed by atoms with van der Waals surface area (Å²) in [5.41, 5.74) is 0. The number of rotatable bonds is 0. The quantitative estimate of drug-likeness (QED) is 0.678. The van der Waals surface area contributed by atoms with Crippen LogP contribution >= 0.6 is 57.2 Å². The summed E-state index contributed by atoms with van der Waals surface area (Å²) in [5.74, 6) is 0. The summed E-state index contributed by atoms with van der Waals surface area (Å²) in [6.07, 6.45) is 0. The van der Waals surface area contributed by atoms with Crippen LogP contribution in [0, 0.1) is 0 Å². The Morgan fingerprint density at radius 3 is 0.889 bits per heavy atom.